The van der Waals surface area contributed by atoms with E-state index in [9.17, 15) is 4.79 Å². The summed E-state index contributed by atoms with van der Waals surface area (Å²) in [5.74, 6) is 1.24. The number of thiophene rings is 1. The van der Waals surface area contributed by atoms with Crippen LogP contribution in [0.3, 0.4) is 0 Å². The molecule has 3 rings (SSSR count). The Morgan fingerprint density at radius 1 is 1.30 bits per heavy atom. The third-order valence-electron chi connectivity index (χ3n) is 5.42. The Balaban J connectivity index is 1.32. The topological polar surface area (TPSA) is 58.4 Å². The zero-order chi connectivity index (χ0) is 16.1. The molecule has 1 saturated heterocycles. The minimum atomic E-state index is 0.202. The van der Waals surface area contributed by atoms with Crippen molar-refractivity contribution in [3.63, 3.8) is 0 Å². The largest absolute Gasteiger partial charge is 0.356 e. The number of carbonyl (C=O) groups is 1. The fourth-order valence-corrected chi connectivity index (χ4v) is 4.61. The first-order valence-corrected chi connectivity index (χ1v) is 9.85. The lowest BCUT2D eigenvalue weighted by Gasteiger charge is -2.31. The zero-order valence-corrected chi connectivity index (χ0v) is 14.7. The highest BCUT2D eigenvalue weighted by molar-refractivity contribution is 7.09. The van der Waals surface area contributed by atoms with Crippen LogP contribution in [0, 0.1) is 11.8 Å². The minimum absolute atomic E-state index is 0.202. The van der Waals surface area contributed by atoms with Gasteiger partial charge in [0.25, 0.3) is 0 Å². The first kappa shape index (κ1) is 16.9. The van der Waals surface area contributed by atoms with Gasteiger partial charge in [0.15, 0.2) is 0 Å². The average Bonchev–Trinajstić information content (AvgIpc) is 3.19. The van der Waals surface area contributed by atoms with Crippen molar-refractivity contribution in [1.29, 1.82) is 0 Å². The van der Waals surface area contributed by atoms with Crippen molar-refractivity contribution in [2.24, 2.45) is 17.6 Å². The maximum atomic E-state index is 12.1. The summed E-state index contributed by atoms with van der Waals surface area (Å²) < 4.78 is 0. The van der Waals surface area contributed by atoms with Crippen LogP contribution in [0.2, 0.25) is 0 Å². The Bertz CT molecular complexity index is 482. The molecule has 3 N–H and O–H groups in total. The van der Waals surface area contributed by atoms with Crippen molar-refractivity contribution in [2.75, 3.05) is 19.6 Å². The first-order valence-electron chi connectivity index (χ1n) is 8.97. The van der Waals surface area contributed by atoms with Gasteiger partial charge in [-0.15, -0.1) is 11.3 Å². The summed E-state index contributed by atoms with van der Waals surface area (Å²) in [6, 6.07) is 4.57. The predicted octanol–water partition coefficient (Wildman–Crippen LogP) is 2.59. The second kappa shape index (κ2) is 8.27. The third kappa shape index (κ3) is 5.03. The average molecular weight is 336 g/mol. The molecule has 2 fully saturated rings. The summed E-state index contributed by atoms with van der Waals surface area (Å²) >= 11 is 1.84. The molecule has 0 bridgehead atoms. The van der Waals surface area contributed by atoms with Crippen LogP contribution in [0.4, 0.5) is 0 Å². The molecular formula is C18H29N3OS. The quantitative estimate of drug-likeness (QED) is 0.840. The number of amides is 1. The van der Waals surface area contributed by atoms with Gasteiger partial charge in [-0.25, -0.2) is 0 Å². The molecule has 1 aromatic rings. The fraction of sp³-hybridized carbons (Fsp3) is 0.722. The molecule has 2 heterocycles. The molecule has 1 aliphatic carbocycles. The fourth-order valence-electron chi connectivity index (χ4n) is 3.86. The van der Waals surface area contributed by atoms with Gasteiger partial charge in [0.2, 0.25) is 5.91 Å². The first-order chi connectivity index (χ1) is 11.2. The second-order valence-electron chi connectivity index (χ2n) is 7.16. The van der Waals surface area contributed by atoms with E-state index in [1.165, 1.54) is 24.1 Å². The van der Waals surface area contributed by atoms with Crippen LogP contribution in [-0.4, -0.2) is 36.5 Å². The van der Waals surface area contributed by atoms with Gasteiger partial charge in [0.1, 0.15) is 0 Å². The second-order valence-corrected chi connectivity index (χ2v) is 8.19. The monoisotopic (exact) mass is 335 g/mol. The molecule has 0 unspecified atom stereocenters. The van der Waals surface area contributed by atoms with E-state index in [2.05, 4.69) is 27.7 Å². The van der Waals surface area contributed by atoms with Crippen molar-refractivity contribution < 1.29 is 4.79 Å². The Kier molecular flexibility index (Phi) is 6.08. The van der Waals surface area contributed by atoms with E-state index in [-0.39, 0.29) is 11.9 Å². The van der Waals surface area contributed by atoms with Crippen molar-refractivity contribution in [3.05, 3.63) is 22.4 Å². The lowest BCUT2D eigenvalue weighted by Crippen LogP contribution is -2.39. The van der Waals surface area contributed by atoms with Gasteiger partial charge in [-0.2, -0.15) is 0 Å². The lowest BCUT2D eigenvalue weighted by atomic mass is 9.96. The van der Waals surface area contributed by atoms with Crippen molar-refractivity contribution in [2.45, 2.75) is 51.1 Å². The molecule has 0 aromatic carbocycles. The number of nitrogens with one attached hydrogen (secondary N) is 1. The summed E-state index contributed by atoms with van der Waals surface area (Å²) in [5.41, 5.74) is 6.05. The summed E-state index contributed by atoms with van der Waals surface area (Å²) in [7, 11) is 0. The molecule has 128 valence electrons. The van der Waals surface area contributed by atoms with E-state index in [0.29, 0.717) is 18.3 Å². The van der Waals surface area contributed by atoms with Crippen LogP contribution in [0.25, 0.3) is 0 Å². The zero-order valence-electron chi connectivity index (χ0n) is 13.9. The van der Waals surface area contributed by atoms with E-state index in [1.807, 2.05) is 11.3 Å². The number of rotatable bonds is 6. The molecule has 4 nitrogen and oxygen atoms in total. The standard InChI is InChI=1S/C18H29N3OS/c19-17-5-1-3-15(17)11-18(22)20-12-14-6-8-21(9-7-14)13-16-4-2-10-23-16/h2,4,10,14-15,17H,1,3,5-9,11-13,19H2,(H,20,22)/t15-,17+/m0/s1. The normalized spacial score (nSPS) is 26.5. The van der Waals surface area contributed by atoms with Crippen LogP contribution >= 0.6 is 11.3 Å². The van der Waals surface area contributed by atoms with Gasteiger partial charge in [0, 0.05) is 30.4 Å². The van der Waals surface area contributed by atoms with Crippen LogP contribution in [0.1, 0.15) is 43.4 Å². The van der Waals surface area contributed by atoms with Crippen LogP contribution in [0.15, 0.2) is 17.5 Å². The molecule has 1 amide bonds. The van der Waals surface area contributed by atoms with Crippen molar-refractivity contribution >= 4 is 17.2 Å². The van der Waals surface area contributed by atoms with E-state index in [0.717, 1.165) is 39.0 Å². The number of nitrogens with two attached hydrogens (primary N) is 1. The van der Waals surface area contributed by atoms with Crippen LogP contribution in [0.5, 0.6) is 0 Å². The highest BCUT2D eigenvalue weighted by atomic mass is 32.1. The maximum Gasteiger partial charge on any atom is 0.220 e. The summed E-state index contributed by atoms with van der Waals surface area (Å²) in [5, 5.41) is 5.30. The maximum absolute atomic E-state index is 12.1. The van der Waals surface area contributed by atoms with E-state index < -0.39 is 0 Å². The number of likely N-dealkylation sites (tertiary alicyclic amines) is 1. The van der Waals surface area contributed by atoms with Crippen molar-refractivity contribution in [3.8, 4) is 0 Å². The van der Waals surface area contributed by atoms with Gasteiger partial charge >= 0.3 is 0 Å². The minimum Gasteiger partial charge on any atom is -0.356 e. The van der Waals surface area contributed by atoms with Crippen LogP contribution < -0.4 is 11.1 Å². The Morgan fingerprint density at radius 2 is 2.13 bits per heavy atom. The molecule has 1 aromatic heterocycles. The summed E-state index contributed by atoms with van der Waals surface area (Å²) in [6.07, 6.45) is 6.39. The van der Waals surface area contributed by atoms with Gasteiger partial charge in [-0.1, -0.05) is 12.5 Å². The number of carbonyl (C=O) groups excluding carboxylic acids is 1. The molecule has 5 heteroatoms. The summed E-state index contributed by atoms with van der Waals surface area (Å²) in [4.78, 5) is 16.1. The molecule has 23 heavy (non-hydrogen) atoms. The van der Waals surface area contributed by atoms with Gasteiger partial charge in [-0.3, -0.25) is 9.69 Å². The number of hydrogen-bond donors (Lipinski definition) is 2. The predicted molar refractivity (Wildman–Crippen MR) is 95.3 cm³/mol. The van der Waals surface area contributed by atoms with E-state index >= 15 is 0 Å². The van der Waals surface area contributed by atoms with E-state index in [4.69, 9.17) is 5.73 Å². The van der Waals surface area contributed by atoms with Gasteiger partial charge in [-0.05, 0) is 62.1 Å². The van der Waals surface area contributed by atoms with Crippen LogP contribution in [-0.2, 0) is 11.3 Å². The molecular weight excluding hydrogens is 306 g/mol. The smallest absolute Gasteiger partial charge is 0.220 e. The van der Waals surface area contributed by atoms with Crippen molar-refractivity contribution in [1.82, 2.24) is 10.2 Å². The molecule has 2 atom stereocenters. The molecule has 1 aliphatic heterocycles. The summed E-state index contributed by atoms with van der Waals surface area (Å²) in [6.45, 7) is 4.21. The highest BCUT2D eigenvalue weighted by Crippen LogP contribution is 2.26. The third-order valence-corrected chi connectivity index (χ3v) is 6.28. The Labute approximate surface area is 143 Å². The lowest BCUT2D eigenvalue weighted by molar-refractivity contribution is -0.122. The van der Waals surface area contributed by atoms with Gasteiger partial charge < -0.3 is 11.1 Å². The molecule has 0 radical (unpaired) electrons. The molecule has 1 saturated carbocycles. The molecule has 0 spiro atoms. The molecule has 2 aliphatic rings. The Hall–Kier alpha value is -0.910. The Morgan fingerprint density at radius 3 is 2.78 bits per heavy atom. The SMILES string of the molecule is N[C@@H]1CCC[C@H]1CC(=O)NCC1CCN(Cc2cccs2)CC1. The van der Waals surface area contributed by atoms with E-state index in [1.54, 1.807) is 0 Å². The number of nitrogens with zero attached hydrogens (tertiary/aromatic N) is 1. The number of hydrogen-bond acceptors (Lipinski definition) is 4. The highest BCUT2D eigenvalue weighted by Gasteiger charge is 2.26. The van der Waals surface area contributed by atoms with Gasteiger partial charge in [0.05, 0.1) is 0 Å². The number of piperidine rings is 1.